The van der Waals surface area contributed by atoms with Crippen molar-refractivity contribution in [1.82, 2.24) is 4.98 Å². The zero-order valence-corrected chi connectivity index (χ0v) is 26.3. The largest absolute Gasteiger partial charge is 2.00 e. The molecule has 222 valence electrons. The molecule has 8 nitrogen and oxygen atoms in total. The molecule has 4 aliphatic rings. The van der Waals surface area contributed by atoms with Crippen LogP contribution in [-0.4, -0.2) is 33.2 Å². The molecule has 0 atom stereocenters. The molecule has 0 spiro atoms. The van der Waals surface area contributed by atoms with Crippen molar-refractivity contribution < 1.29 is 37.2 Å². The van der Waals surface area contributed by atoms with Gasteiger partial charge in [0.15, 0.2) is 0 Å². The van der Waals surface area contributed by atoms with Gasteiger partial charge in [-0.25, -0.2) is 20.9 Å². The van der Waals surface area contributed by atoms with E-state index in [1.807, 2.05) is 32.1 Å². The van der Waals surface area contributed by atoms with Crippen LogP contribution in [0.3, 0.4) is 0 Å². The fraction of sp³-hybridized carbons (Fsp3) is 0.294. The Labute approximate surface area is 261 Å². The van der Waals surface area contributed by atoms with Crippen molar-refractivity contribution in [3.63, 3.8) is 0 Å². The van der Waals surface area contributed by atoms with E-state index in [1.54, 1.807) is 0 Å². The number of H-pyrrole nitrogens is 1. The van der Waals surface area contributed by atoms with E-state index in [2.05, 4.69) is 38.8 Å². The zero-order valence-electron chi connectivity index (χ0n) is 25.2. The molecule has 0 fully saturated rings. The van der Waals surface area contributed by atoms with Gasteiger partial charge in [-0.1, -0.05) is 26.0 Å². The van der Waals surface area contributed by atoms with Gasteiger partial charge in [0.2, 0.25) is 0 Å². The second kappa shape index (κ2) is 12.6. The van der Waals surface area contributed by atoms with E-state index in [0.717, 1.165) is 92.1 Å². The second-order valence-electron chi connectivity index (χ2n) is 10.8. The van der Waals surface area contributed by atoms with Crippen molar-refractivity contribution in [2.45, 2.75) is 67.2 Å². The molecule has 1 aromatic rings. The third-order valence-electron chi connectivity index (χ3n) is 8.32. The number of aromatic amines is 1. The summed E-state index contributed by atoms with van der Waals surface area (Å²) in [6.45, 7) is 12.3. The van der Waals surface area contributed by atoms with Crippen molar-refractivity contribution in [3.05, 3.63) is 96.5 Å². The minimum atomic E-state index is -1.29. The molecule has 43 heavy (non-hydrogen) atoms. The fourth-order valence-electron chi connectivity index (χ4n) is 5.91. The molecule has 0 unspecified atom stereocenters. The van der Waals surface area contributed by atoms with Crippen LogP contribution in [-0.2, 0) is 21.9 Å². The number of rotatable bonds is 6. The minimum Gasteiger partial charge on any atom is -0.884 e. The molecule has 4 aliphatic heterocycles. The SMILES string of the molecule is CCC1=C(C)C2=NC1=CC1=NC(=Cc3[nH]c(/c(=C/C=C([O-])[O-])c3C)=CC3=NC(=C2)C(C)=C3CCC(=O)O)C(CC)=C1C.[Fe+2]. The maximum atomic E-state index is 11.5. The zero-order chi connectivity index (χ0) is 30.3. The van der Waals surface area contributed by atoms with Gasteiger partial charge in [0, 0.05) is 22.7 Å². The first-order valence-electron chi connectivity index (χ1n) is 14.2. The first kappa shape index (κ1) is 31.7. The van der Waals surface area contributed by atoms with Crippen molar-refractivity contribution >= 4 is 41.3 Å². The van der Waals surface area contributed by atoms with E-state index in [0.29, 0.717) is 22.7 Å². The first-order chi connectivity index (χ1) is 20.0. The Bertz CT molecular complexity index is 1860. The van der Waals surface area contributed by atoms with Crippen LogP contribution in [0.1, 0.15) is 71.6 Å². The molecule has 5 heterocycles. The summed E-state index contributed by atoms with van der Waals surface area (Å²) < 4.78 is 0. The number of fused-ring (bicyclic) bond motifs is 5. The molecule has 9 heteroatoms. The smallest absolute Gasteiger partial charge is 0.884 e. The molecule has 0 amide bonds. The fourth-order valence-corrected chi connectivity index (χ4v) is 5.91. The number of allylic oxidation sites excluding steroid dienone is 9. The topological polar surface area (TPSA) is 136 Å². The van der Waals surface area contributed by atoms with Crippen LogP contribution in [0.15, 0.2) is 89.7 Å². The Hall–Kier alpha value is -4.20. The van der Waals surface area contributed by atoms with E-state index < -0.39 is 11.9 Å². The van der Waals surface area contributed by atoms with Gasteiger partial charge < -0.3 is 20.3 Å². The van der Waals surface area contributed by atoms with E-state index >= 15 is 0 Å². The van der Waals surface area contributed by atoms with Crippen LogP contribution in [0.5, 0.6) is 0 Å². The number of aromatic nitrogens is 1. The number of hydrogen-bond donors (Lipinski definition) is 2. The van der Waals surface area contributed by atoms with E-state index in [9.17, 15) is 20.1 Å². The molecule has 1 aromatic heterocycles. The predicted molar refractivity (Wildman–Crippen MR) is 164 cm³/mol. The molecule has 2 N–H and O–H groups in total. The van der Waals surface area contributed by atoms with Gasteiger partial charge in [-0.05, 0) is 110 Å². The molecule has 8 bridgehead atoms. The number of hydrogen-bond acceptors (Lipinski definition) is 6. The number of nitrogens with one attached hydrogen (secondary N) is 1. The summed E-state index contributed by atoms with van der Waals surface area (Å²) in [5.41, 5.74) is 12.6. The number of nitrogens with zero attached hydrogens (tertiary/aromatic N) is 3. The molecule has 0 aliphatic carbocycles. The summed E-state index contributed by atoms with van der Waals surface area (Å²) in [5.74, 6) is -2.18. The number of carbonyl (C=O) groups is 1. The van der Waals surface area contributed by atoms with Crippen LogP contribution in [0.4, 0.5) is 0 Å². The Morgan fingerprint density at radius 2 is 1.37 bits per heavy atom. The maximum Gasteiger partial charge on any atom is 2.00 e. The van der Waals surface area contributed by atoms with Gasteiger partial charge >= 0.3 is 23.0 Å². The Balaban J connectivity index is 0.00000423. The molecule has 0 radical (unpaired) electrons. The average Bonchev–Trinajstić information content (AvgIpc) is 3.59. The van der Waals surface area contributed by atoms with Crippen LogP contribution in [0.2, 0.25) is 0 Å². The molecule has 0 saturated heterocycles. The van der Waals surface area contributed by atoms with Crippen LogP contribution in [0.25, 0.3) is 18.2 Å². The summed E-state index contributed by atoms with van der Waals surface area (Å²) in [6.07, 6.45) is 12.3. The molecular formula is C34H34FeN4O4. The van der Waals surface area contributed by atoms with Crippen molar-refractivity contribution in [2.24, 2.45) is 15.0 Å². The monoisotopic (exact) mass is 618 g/mol. The quantitative estimate of drug-likeness (QED) is 0.372. The second-order valence-corrected chi connectivity index (χ2v) is 10.8. The third kappa shape index (κ3) is 6.01. The standard InChI is InChI=1S/C34H36N4O4.Fe/c1-7-21-17(3)25-13-26-19(5)23(9-11-33(39)40)31(37-26)16-32-24(10-12-34(41)42)20(6)28(38-32)15-30-22(8-2)18(4)27(36-30)14-29(21)35-25;/h10,12-16,38,41-42H,7-9,11H2,1-6H3,(H,39,40);/q;+2/p-2/b24-10+,26-13?,29-14?,30-15?,32-16?;. The Morgan fingerprint density at radius 1 is 0.814 bits per heavy atom. The molecule has 0 aromatic carbocycles. The van der Waals surface area contributed by atoms with Gasteiger partial charge in [0.05, 0.1) is 34.2 Å². The third-order valence-corrected chi connectivity index (χ3v) is 8.32. The van der Waals surface area contributed by atoms with Gasteiger partial charge in [-0.3, -0.25) is 4.79 Å². The number of aliphatic carboxylic acids is 1. The van der Waals surface area contributed by atoms with Gasteiger partial charge in [0.1, 0.15) is 0 Å². The average molecular weight is 619 g/mol. The predicted octanol–water partition coefficient (Wildman–Crippen LogP) is 3.56. The summed E-state index contributed by atoms with van der Waals surface area (Å²) >= 11 is 0. The van der Waals surface area contributed by atoms with E-state index in [1.165, 1.54) is 6.08 Å². The van der Waals surface area contributed by atoms with Crippen molar-refractivity contribution in [1.29, 1.82) is 0 Å². The number of carboxylic acids is 1. The number of aliphatic imine (C=N–C) groups is 3. The molecule has 0 saturated carbocycles. The van der Waals surface area contributed by atoms with Crippen LogP contribution in [0, 0.1) is 6.92 Å². The van der Waals surface area contributed by atoms with Gasteiger partial charge in [0.25, 0.3) is 0 Å². The summed E-state index contributed by atoms with van der Waals surface area (Å²) in [6, 6.07) is 0. The van der Waals surface area contributed by atoms with Crippen LogP contribution < -0.4 is 20.8 Å². The minimum absolute atomic E-state index is 0. The van der Waals surface area contributed by atoms with E-state index in [-0.39, 0.29) is 23.5 Å². The Morgan fingerprint density at radius 3 is 1.93 bits per heavy atom. The maximum absolute atomic E-state index is 11.5. The van der Waals surface area contributed by atoms with Crippen LogP contribution >= 0.6 is 0 Å². The molecular weight excluding hydrogens is 584 g/mol. The van der Waals surface area contributed by atoms with Gasteiger partial charge in [-0.15, -0.1) is 0 Å². The van der Waals surface area contributed by atoms with Gasteiger partial charge in [-0.2, -0.15) is 0 Å². The Kier molecular flexibility index (Phi) is 9.28. The van der Waals surface area contributed by atoms with Crippen molar-refractivity contribution in [2.75, 3.05) is 0 Å². The van der Waals surface area contributed by atoms with Crippen molar-refractivity contribution in [3.8, 4) is 0 Å². The van der Waals surface area contributed by atoms with E-state index in [4.69, 9.17) is 15.0 Å². The number of carboxylic acid groups (broad SMARTS) is 1. The summed E-state index contributed by atoms with van der Waals surface area (Å²) in [5, 5.41) is 33.5. The first-order valence-corrected chi connectivity index (χ1v) is 14.2. The summed E-state index contributed by atoms with van der Waals surface area (Å²) in [7, 11) is 0. The molecule has 5 rings (SSSR count). The summed E-state index contributed by atoms with van der Waals surface area (Å²) in [4.78, 5) is 30.0. The normalized spacial score (nSPS) is 18.0.